The molecule has 1 aromatic rings. The maximum absolute atomic E-state index is 13.8. The van der Waals surface area contributed by atoms with Crippen LogP contribution in [0.1, 0.15) is 38.5 Å². The second kappa shape index (κ2) is 6.90. The number of likely N-dealkylation sites (tertiary alicyclic amines) is 1. The molecule has 0 spiro atoms. The molecule has 25 heavy (non-hydrogen) atoms. The van der Waals surface area contributed by atoms with E-state index in [1.54, 1.807) is 6.07 Å². The molecule has 1 aliphatic carbocycles. The van der Waals surface area contributed by atoms with Crippen molar-refractivity contribution in [2.24, 2.45) is 11.3 Å². The molecule has 1 aromatic heterocycles. The molecule has 3 fully saturated rings. The van der Waals surface area contributed by atoms with E-state index in [1.165, 1.54) is 25.1 Å². The third kappa shape index (κ3) is 3.64. The Hall–Kier alpha value is -1.69. The van der Waals surface area contributed by atoms with Crippen LogP contribution in [0.5, 0.6) is 5.88 Å². The van der Waals surface area contributed by atoms with E-state index < -0.39 is 5.82 Å². The average molecular weight is 348 g/mol. The van der Waals surface area contributed by atoms with Crippen molar-refractivity contribution in [3.8, 4) is 5.88 Å². The van der Waals surface area contributed by atoms with Gasteiger partial charge in [0.15, 0.2) is 5.82 Å². The van der Waals surface area contributed by atoms with Gasteiger partial charge in [-0.15, -0.1) is 0 Å². The molecular formula is C19H25FN2O3. The van der Waals surface area contributed by atoms with E-state index in [2.05, 4.69) is 4.98 Å². The second-order valence-electron chi connectivity index (χ2n) is 7.66. The van der Waals surface area contributed by atoms with Gasteiger partial charge in [-0.3, -0.25) is 4.79 Å². The van der Waals surface area contributed by atoms with Crippen LogP contribution < -0.4 is 4.74 Å². The first-order valence-corrected chi connectivity index (χ1v) is 9.29. The van der Waals surface area contributed by atoms with E-state index in [1.807, 2.05) is 4.90 Å². The number of hydrogen-bond acceptors (Lipinski definition) is 4. The van der Waals surface area contributed by atoms with Gasteiger partial charge in [0.05, 0.1) is 12.7 Å². The standard InChI is InChI=1S/C19H25FN2O3/c20-15-3-1-8-21-18(15)25-13-19-7-2-10-24-16(19)6-9-22(12-19)17(23)11-14-4-5-14/h1,3,8,14,16H,2,4-7,9-13H2. The van der Waals surface area contributed by atoms with Crippen molar-refractivity contribution < 1.29 is 18.7 Å². The normalized spacial score (nSPS) is 29.2. The lowest BCUT2D eigenvalue weighted by Crippen LogP contribution is -2.58. The molecule has 2 saturated heterocycles. The van der Waals surface area contributed by atoms with Crippen LogP contribution in [0.25, 0.3) is 0 Å². The lowest BCUT2D eigenvalue weighted by atomic mass is 9.73. The van der Waals surface area contributed by atoms with Crippen molar-refractivity contribution in [3.05, 3.63) is 24.1 Å². The third-order valence-electron chi connectivity index (χ3n) is 5.72. The number of carbonyl (C=O) groups excluding carboxylic acids is 1. The van der Waals surface area contributed by atoms with Crippen molar-refractivity contribution in [1.82, 2.24) is 9.88 Å². The summed E-state index contributed by atoms with van der Waals surface area (Å²) >= 11 is 0. The minimum Gasteiger partial charge on any atom is -0.475 e. The van der Waals surface area contributed by atoms with Crippen molar-refractivity contribution in [3.63, 3.8) is 0 Å². The number of amides is 1. The maximum atomic E-state index is 13.8. The van der Waals surface area contributed by atoms with Gasteiger partial charge in [-0.2, -0.15) is 0 Å². The number of aromatic nitrogens is 1. The van der Waals surface area contributed by atoms with Crippen LogP contribution in [0.4, 0.5) is 4.39 Å². The fourth-order valence-corrected chi connectivity index (χ4v) is 4.10. The highest BCUT2D eigenvalue weighted by Crippen LogP contribution is 2.41. The Morgan fingerprint density at radius 1 is 1.44 bits per heavy atom. The number of carbonyl (C=O) groups is 1. The Kier molecular flexibility index (Phi) is 4.63. The average Bonchev–Trinajstić information content (AvgIpc) is 3.44. The van der Waals surface area contributed by atoms with Crippen LogP contribution in [-0.2, 0) is 9.53 Å². The van der Waals surface area contributed by atoms with Crippen molar-refractivity contribution in [2.75, 3.05) is 26.3 Å². The fourth-order valence-electron chi connectivity index (χ4n) is 4.10. The van der Waals surface area contributed by atoms with Crippen LogP contribution in [0.2, 0.25) is 0 Å². The van der Waals surface area contributed by atoms with Crippen LogP contribution in [0.3, 0.4) is 0 Å². The Morgan fingerprint density at radius 3 is 3.12 bits per heavy atom. The molecule has 4 rings (SSSR count). The summed E-state index contributed by atoms with van der Waals surface area (Å²) in [5.41, 5.74) is -0.264. The highest BCUT2D eigenvalue weighted by atomic mass is 19.1. The largest absolute Gasteiger partial charge is 0.475 e. The predicted molar refractivity (Wildman–Crippen MR) is 89.6 cm³/mol. The van der Waals surface area contributed by atoms with E-state index in [-0.39, 0.29) is 23.3 Å². The van der Waals surface area contributed by atoms with Gasteiger partial charge >= 0.3 is 0 Å². The quantitative estimate of drug-likeness (QED) is 0.821. The van der Waals surface area contributed by atoms with Gasteiger partial charge in [0.2, 0.25) is 11.8 Å². The third-order valence-corrected chi connectivity index (χ3v) is 5.72. The molecule has 0 aromatic carbocycles. The van der Waals surface area contributed by atoms with E-state index in [9.17, 15) is 9.18 Å². The SMILES string of the molecule is O=C(CC1CC1)N1CCC2OCCCC2(COc2ncccc2F)C1. The van der Waals surface area contributed by atoms with Gasteiger partial charge < -0.3 is 14.4 Å². The molecule has 6 heteroatoms. The highest BCUT2D eigenvalue weighted by Gasteiger charge is 2.48. The van der Waals surface area contributed by atoms with Crippen LogP contribution in [0.15, 0.2) is 18.3 Å². The molecule has 0 bridgehead atoms. The molecule has 2 atom stereocenters. The van der Waals surface area contributed by atoms with E-state index in [0.29, 0.717) is 25.5 Å². The molecule has 136 valence electrons. The molecule has 5 nitrogen and oxygen atoms in total. The summed E-state index contributed by atoms with van der Waals surface area (Å²) in [4.78, 5) is 18.5. The first-order chi connectivity index (χ1) is 12.2. The van der Waals surface area contributed by atoms with Crippen LogP contribution in [-0.4, -0.2) is 48.2 Å². The summed E-state index contributed by atoms with van der Waals surface area (Å²) in [6, 6.07) is 2.90. The van der Waals surface area contributed by atoms with Crippen molar-refractivity contribution >= 4 is 5.91 Å². The van der Waals surface area contributed by atoms with Gasteiger partial charge in [0.25, 0.3) is 0 Å². The van der Waals surface area contributed by atoms with Gasteiger partial charge in [-0.05, 0) is 50.2 Å². The molecule has 1 amide bonds. The topological polar surface area (TPSA) is 51.7 Å². The lowest BCUT2D eigenvalue weighted by Gasteiger charge is -2.50. The first-order valence-electron chi connectivity index (χ1n) is 9.29. The predicted octanol–water partition coefficient (Wildman–Crippen LogP) is 2.80. The molecule has 2 unspecified atom stereocenters. The number of ether oxygens (including phenoxy) is 2. The summed E-state index contributed by atoms with van der Waals surface area (Å²) in [6.45, 7) is 2.47. The monoisotopic (exact) mass is 348 g/mol. The van der Waals surface area contributed by atoms with Crippen LogP contribution >= 0.6 is 0 Å². The van der Waals surface area contributed by atoms with Gasteiger partial charge in [-0.25, -0.2) is 9.37 Å². The highest BCUT2D eigenvalue weighted by molar-refractivity contribution is 5.77. The second-order valence-corrected chi connectivity index (χ2v) is 7.66. The Labute approximate surface area is 147 Å². The lowest BCUT2D eigenvalue weighted by molar-refractivity contribution is -0.158. The van der Waals surface area contributed by atoms with Gasteiger partial charge in [-0.1, -0.05) is 0 Å². The Balaban J connectivity index is 1.47. The smallest absolute Gasteiger partial charge is 0.250 e. The number of pyridine rings is 1. The van der Waals surface area contributed by atoms with Gasteiger partial charge in [0, 0.05) is 37.7 Å². The zero-order valence-corrected chi connectivity index (χ0v) is 14.5. The molecule has 3 heterocycles. The number of piperidine rings is 1. The molecule has 0 N–H and O–H groups in total. The zero-order valence-electron chi connectivity index (χ0n) is 14.5. The Bertz CT molecular complexity index is 637. The number of rotatable bonds is 5. The molecule has 0 radical (unpaired) electrons. The summed E-state index contributed by atoms with van der Waals surface area (Å²) in [7, 11) is 0. The van der Waals surface area contributed by atoms with Crippen molar-refractivity contribution in [1.29, 1.82) is 0 Å². The fraction of sp³-hybridized carbons (Fsp3) is 0.684. The number of hydrogen-bond donors (Lipinski definition) is 0. The Morgan fingerprint density at radius 2 is 2.32 bits per heavy atom. The maximum Gasteiger partial charge on any atom is 0.250 e. The van der Waals surface area contributed by atoms with E-state index >= 15 is 0 Å². The number of fused-ring (bicyclic) bond motifs is 1. The van der Waals surface area contributed by atoms with Crippen LogP contribution in [0, 0.1) is 17.2 Å². The number of nitrogens with zero attached hydrogens (tertiary/aromatic N) is 2. The van der Waals surface area contributed by atoms with Gasteiger partial charge in [0.1, 0.15) is 0 Å². The molecule has 3 aliphatic rings. The van der Waals surface area contributed by atoms with Crippen molar-refractivity contribution in [2.45, 2.75) is 44.6 Å². The number of halogens is 1. The summed E-state index contributed by atoms with van der Waals surface area (Å²) in [6.07, 6.45) is 7.31. The first kappa shape index (κ1) is 16.8. The zero-order chi connectivity index (χ0) is 17.3. The summed E-state index contributed by atoms with van der Waals surface area (Å²) in [5, 5.41) is 0. The minimum atomic E-state index is -0.454. The molecular weight excluding hydrogens is 323 g/mol. The summed E-state index contributed by atoms with van der Waals surface area (Å²) < 4.78 is 25.6. The molecule has 2 aliphatic heterocycles. The van der Waals surface area contributed by atoms with E-state index in [0.717, 1.165) is 32.4 Å². The summed E-state index contributed by atoms with van der Waals surface area (Å²) in [5.74, 6) is 0.407. The minimum absolute atomic E-state index is 0.0302. The molecule has 1 saturated carbocycles. The van der Waals surface area contributed by atoms with E-state index in [4.69, 9.17) is 9.47 Å².